The number of carbonyl (C=O) groups excluding carboxylic acids is 1. The van der Waals surface area contributed by atoms with Crippen molar-refractivity contribution < 1.29 is 23.4 Å². The number of halogens is 3. The first-order valence-corrected chi connectivity index (χ1v) is 16.6. The smallest absolute Gasteiger partial charge is 0.333 e. The van der Waals surface area contributed by atoms with E-state index in [1.807, 2.05) is 24.3 Å². The highest BCUT2D eigenvalue weighted by Gasteiger charge is 2.49. The lowest BCUT2D eigenvalue weighted by atomic mass is 9.71. The Morgan fingerprint density at radius 3 is 1.89 bits per heavy atom. The third kappa shape index (κ3) is 8.14. The van der Waals surface area contributed by atoms with Gasteiger partial charge in [0.05, 0.1) is 5.41 Å². The molecule has 1 N–H and O–H groups in total. The van der Waals surface area contributed by atoms with Crippen LogP contribution in [-0.2, 0) is 14.9 Å². The molecule has 1 aromatic rings. The molecule has 0 spiro atoms. The molecule has 0 saturated heterocycles. The highest BCUT2D eigenvalue weighted by molar-refractivity contribution is 9.10. The summed E-state index contributed by atoms with van der Waals surface area (Å²) < 4.78 is 37.6. The molecule has 0 bridgehead atoms. The Morgan fingerprint density at radius 2 is 1.47 bits per heavy atom. The van der Waals surface area contributed by atoms with Gasteiger partial charge in [-0.25, -0.2) is 0 Å². The first-order chi connectivity index (χ1) is 17.0. The molecule has 0 radical (unpaired) electrons. The number of alkyl halides is 2. The topological polar surface area (TPSA) is 46.5 Å². The second kappa shape index (κ2) is 12.5. The highest BCUT2D eigenvalue weighted by atomic mass is 79.9. The molecule has 0 aliphatic carbocycles. The van der Waals surface area contributed by atoms with Crippen molar-refractivity contribution in [1.82, 2.24) is 0 Å². The second-order valence-electron chi connectivity index (χ2n) is 13.5. The van der Waals surface area contributed by atoms with Gasteiger partial charge in [-0.15, -0.1) is 5.54 Å². The standard InChI is InChI=1S/C31H49BrF2O3Si/c1-21(2)38(22(3)4,23(5)6)19-18-31(33,34)26(35)29(10,11)16-17-30(12,27(36)37-28(7,8)9)24-14-13-15-25(32)20-24/h13-15,20-23,26,35H,16-17H2,1-12H3. The van der Waals surface area contributed by atoms with Gasteiger partial charge in [-0.2, -0.15) is 8.78 Å². The molecule has 0 aliphatic heterocycles. The highest BCUT2D eigenvalue weighted by Crippen LogP contribution is 2.43. The van der Waals surface area contributed by atoms with E-state index in [-0.39, 0.29) is 29.5 Å². The second-order valence-corrected chi connectivity index (χ2v) is 20.0. The van der Waals surface area contributed by atoms with Crippen molar-refractivity contribution >= 4 is 30.0 Å². The van der Waals surface area contributed by atoms with Gasteiger partial charge in [0.25, 0.3) is 0 Å². The first-order valence-electron chi connectivity index (χ1n) is 13.6. The molecule has 38 heavy (non-hydrogen) atoms. The summed E-state index contributed by atoms with van der Waals surface area (Å²) in [5.74, 6) is -1.74. The van der Waals surface area contributed by atoms with E-state index < -0.39 is 42.5 Å². The van der Waals surface area contributed by atoms with Crippen molar-refractivity contribution in [2.24, 2.45) is 5.41 Å². The van der Waals surface area contributed by atoms with E-state index in [1.165, 1.54) is 0 Å². The van der Waals surface area contributed by atoms with Crippen molar-refractivity contribution in [3.63, 3.8) is 0 Å². The van der Waals surface area contributed by atoms with Crippen LogP contribution in [0, 0.1) is 16.9 Å². The van der Waals surface area contributed by atoms with Gasteiger partial charge in [-0.05, 0) is 86.2 Å². The summed E-state index contributed by atoms with van der Waals surface area (Å²) in [5.41, 5.74) is 1.39. The van der Waals surface area contributed by atoms with Crippen LogP contribution in [0.1, 0.15) is 101 Å². The Labute approximate surface area is 239 Å². The average molecular weight is 616 g/mol. The first kappa shape index (κ1) is 34.8. The Bertz CT molecular complexity index is 996. The molecule has 0 aromatic heterocycles. The van der Waals surface area contributed by atoms with E-state index >= 15 is 8.78 Å². The fourth-order valence-electron chi connectivity index (χ4n) is 5.48. The molecule has 1 rings (SSSR count). The van der Waals surface area contributed by atoms with Gasteiger partial charge in [0.2, 0.25) is 0 Å². The SMILES string of the molecule is CC(C)[Si](C#CC(F)(F)C(O)C(C)(C)CCC(C)(C(=O)OC(C)(C)C)c1cccc(Br)c1)(C(C)C)C(C)C. The van der Waals surface area contributed by atoms with Crippen molar-refractivity contribution in [1.29, 1.82) is 0 Å². The molecule has 0 saturated carbocycles. The molecular formula is C31H49BrF2O3Si. The van der Waals surface area contributed by atoms with Crippen LogP contribution in [0.2, 0.25) is 16.6 Å². The molecule has 216 valence electrons. The molecule has 3 nitrogen and oxygen atoms in total. The Balaban J connectivity index is 3.38. The van der Waals surface area contributed by atoms with E-state index in [0.29, 0.717) is 0 Å². The van der Waals surface area contributed by atoms with Crippen molar-refractivity contribution in [2.75, 3.05) is 0 Å². The zero-order valence-electron chi connectivity index (χ0n) is 25.4. The van der Waals surface area contributed by atoms with Crippen LogP contribution < -0.4 is 0 Å². The van der Waals surface area contributed by atoms with E-state index in [2.05, 4.69) is 68.9 Å². The quantitative estimate of drug-likeness (QED) is 0.162. The third-order valence-electron chi connectivity index (χ3n) is 7.98. The largest absolute Gasteiger partial charge is 0.459 e. The van der Waals surface area contributed by atoms with Gasteiger partial charge in [0.15, 0.2) is 0 Å². The number of aliphatic hydroxyl groups is 1. The van der Waals surface area contributed by atoms with Crippen LogP contribution in [0.25, 0.3) is 0 Å². The molecule has 2 unspecified atom stereocenters. The number of aliphatic hydroxyl groups excluding tert-OH is 1. The van der Waals surface area contributed by atoms with Gasteiger partial charge in [-0.3, -0.25) is 4.79 Å². The van der Waals surface area contributed by atoms with Crippen LogP contribution >= 0.6 is 15.9 Å². The van der Waals surface area contributed by atoms with Crippen molar-refractivity contribution in [3.8, 4) is 11.5 Å². The monoisotopic (exact) mass is 614 g/mol. The van der Waals surface area contributed by atoms with Crippen molar-refractivity contribution in [2.45, 2.75) is 136 Å². The van der Waals surface area contributed by atoms with Gasteiger partial charge < -0.3 is 9.84 Å². The fourth-order valence-corrected chi connectivity index (χ4v) is 11.1. The Morgan fingerprint density at radius 1 is 0.974 bits per heavy atom. The normalized spacial score (nSPS) is 15.8. The summed E-state index contributed by atoms with van der Waals surface area (Å²) in [7, 11) is -2.40. The summed E-state index contributed by atoms with van der Waals surface area (Å²) in [4.78, 5) is 13.4. The van der Waals surface area contributed by atoms with E-state index in [9.17, 15) is 9.90 Å². The van der Waals surface area contributed by atoms with Crippen LogP contribution in [0.4, 0.5) is 8.78 Å². The minimum atomic E-state index is -3.58. The number of esters is 1. The number of hydrogen-bond donors (Lipinski definition) is 1. The fraction of sp³-hybridized carbons (Fsp3) is 0.710. The molecule has 7 heteroatoms. The summed E-state index contributed by atoms with van der Waals surface area (Å²) in [6.45, 7) is 22.8. The maximum atomic E-state index is 15.5. The third-order valence-corrected chi connectivity index (χ3v) is 14.8. The predicted octanol–water partition coefficient (Wildman–Crippen LogP) is 9.07. The number of rotatable bonds is 10. The maximum Gasteiger partial charge on any atom is 0.333 e. The molecule has 0 heterocycles. The minimum absolute atomic E-state index is 0.162. The predicted molar refractivity (Wildman–Crippen MR) is 160 cm³/mol. The van der Waals surface area contributed by atoms with Gasteiger partial charge in [0, 0.05) is 4.47 Å². The molecular weight excluding hydrogens is 566 g/mol. The van der Waals surface area contributed by atoms with Crippen LogP contribution in [0.3, 0.4) is 0 Å². The lowest BCUT2D eigenvalue weighted by Gasteiger charge is -2.39. The lowest BCUT2D eigenvalue weighted by molar-refractivity contribution is -0.162. The summed E-state index contributed by atoms with van der Waals surface area (Å²) in [6.07, 6.45) is -1.62. The number of hydrogen-bond acceptors (Lipinski definition) is 3. The van der Waals surface area contributed by atoms with Crippen LogP contribution in [0.5, 0.6) is 0 Å². The summed E-state index contributed by atoms with van der Waals surface area (Å²) in [6, 6.07) is 7.38. The number of benzene rings is 1. The van der Waals surface area contributed by atoms with Crippen LogP contribution in [0.15, 0.2) is 28.7 Å². The Kier molecular flexibility index (Phi) is 11.5. The van der Waals surface area contributed by atoms with Gasteiger partial charge in [-0.1, -0.05) is 83.5 Å². The maximum absolute atomic E-state index is 15.5. The molecule has 0 fully saturated rings. The Hall–Kier alpha value is -1.23. The average Bonchev–Trinajstić information content (AvgIpc) is 2.75. The molecule has 0 aliphatic rings. The zero-order chi connectivity index (χ0) is 29.9. The molecule has 2 atom stereocenters. The summed E-state index contributed by atoms with van der Waals surface area (Å²) in [5, 5.41) is 11.0. The van der Waals surface area contributed by atoms with Gasteiger partial charge >= 0.3 is 11.9 Å². The van der Waals surface area contributed by atoms with E-state index in [0.717, 1.165) is 10.0 Å². The molecule has 0 amide bonds. The van der Waals surface area contributed by atoms with Crippen LogP contribution in [-0.4, -0.2) is 36.8 Å². The number of ether oxygens (including phenoxy) is 1. The minimum Gasteiger partial charge on any atom is -0.459 e. The van der Waals surface area contributed by atoms with Crippen molar-refractivity contribution in [3.05, 3.63) is 34.3 Å². The van der Waals surface area contributed by atoms with E-state index in [4.69, 9.17) is 4.74 Å². The van der Waals surface area contributed by atoms with E-state index in [1.54, 1.807) is 41.5 Å². The summed E-state index contributed by atoms with van der Waals surface area (Å²) >= 11 is 3.47. The van der Waals surface area contributed by atoms with Gasteiger partial charge in [0.1, 0.15) is 19.8 Å². The number of carbonyl (C=O) groups is 1. The molecule has 1 aromatic carbocycles. The lowest BCUT2D eigenvalue weighted by Crippen LogP contribution is -2.47. The zero-order valence-corrected chi connectivity index (χ0v) is 28.0.